The number of para-hydroxylation sites is 1. The third kappa shape index (κ3) is 5.92. The van der Waals surface area contributed by atoms with E-state index in [9.17, 15) is 24.8 Å². The van der Waals surface area contributed by atoms with E-state index < -0.39 is 50.3 Å². The van der Waals surface area contributed by atoms with Crippen molar-refractivity contribution in [3.05, 3.63) is 54.5 Å². The number of nitrogen functional groups attached to an aromatic ring is 1. The van der Waals surface area contributed by atoms with Crippen molar-refractivity contribution in [1.29, 1.82) is 5.26 Å². The second-order valence-electron chi connectivity index (χ2n) is 10.0. The van der Waals surface area contributed by atoms with Gasteiger partial charge in [-0.2, -0.15) is 15.4 Å². The van der Waals surface area contributed by atoms with E-state index in [-0.39, 0.29) is 17.7 Å². The zero-order valence-corrected chi connectivity index (χ0v) is 23.1. The van der Waals surface area contributed by atoms with E-state index in [0.717, 1.165) is 25.7 Å². The summed E-state index contributed by atoms with van der Waals surface area (Å²) in [4.78, 5) is 16.6. The number of ether oxygens (including phenoxy) is 2. The lowest BCUT2D eigenvalue weighted by Crippen LogP contribution is -2.46. The lowest BCUT2D eigenvalue weighted by molar-refractivity contribution is -0.150. The van der Waals surface area contributed by atoms with Crippen molar-refractivity contribution in [3.63, 3.8) is 0 Å². The predicted molar refractivity (Wildman–Crippen MR) is 143 cm³/mol. The van der Waals surface area contributed by atoms with Crippen LogP contribution in [0.3, 0.4) is 0 Å². The van der Waals surface area contributed by atoms with Gasteiger partial charge in [0, 0.05) is 0 Å². The third-order valence-electron chi connectivity index (χ3n) is 7.15. The van der Waals surface area contributed by atoms with Crippen molar-refractivity contribution < 1.29 is 38.1 Å². The van der Waals surface area contributed by atoms with Gasteiger partial charge in [0.25, 0.3) is 0 Å². The average Bonchev–Trinajstić information content (AvgIpc) is 3.69. The third-order valence-corrected chi connectivity index (χ3v) is 8.77. The van der Waals surface area contributed by atoms with Gasteiger partial charge in [-0.1, -0.05) is 18.2 Å². The first-order chi connectivity index (χ1) is 19.6. The number of nitriles is 1. The number of anilines is 1. The van der Waals surface area contributed by atoms with Crippen LogP contribution in [-0.2, 0) is 23.4 Å². The number of aliphatic hydroxyl groups excluding tert-OH is 2. The first kappa shape index (κ1) is 28.9. The van der Waals surface area contributed by atoms with Gasteiger partial charge in [0.2, 0.25) is 5.60 Å². The predicted octanol–water partition coefficient (Wildman–Crippen LogP) is 2.03. The van der Waals surface area contributed by atoms with Crippen LogP contribution < -0.4 is 15.3 Å². The topological polar surface area (TPSA) is 204 Å². The summed E-state index contributed by atoms with van der Waals surface area (Å²) in [6, 6.07) is 12.0. The lowest BCUT2D eigenvalue weighted by atomic mass is 9.96. The molecule has 0 radical (unpaired) electrons. The zero-order chi connectivity index (χ0) is 29.2. The Hall–Kier alpha value is -3.57. The number of rotatable bonds is 10. The number of nitrogens with two attached hydrogens (primary N) is 1. The number of fused-ring (bicyclic) bond motifs is 1. The zero-order valence-electron chi connectivity index (χ0n) is 22.2. The molecule has 6 atom stereocenters. The van der Waals surface area contributed by atoms with Gasteiger partial charge in [0.05, 0.1) is 5.69 Å². The summed E-state index contributed by atoms with van der Waals surface area (Å²) in [5.41, 5.74) is 4.45. The average molecular weight is 587 g/mol. The van der Waals surface area contributed by atoms with Crippen LogP contribution in [0.5, 0.6) is 5.75 Å². The largest absolute Gasteiger partial charge is 0.461 e. The number of aromatic nitrogens is 3. The second-order valence-corrected chi connectivity index (χ2v) is 11.7. The summed E-state index contributed by atoms with van der Waals surface area (Å²) in [6.07, 6.45) is -0.160. The summed E-state index contributed by atoms with van der Waals surface area (Å²) in [6.45, 7) is 0.661. The number of aliphatic hydroxyl groups is 2. The summed E-state index contributed by atoms with van der Waals surface area (Å²) in [5, 5.41) is 38.6. The Morgan fingerprint density at radius 3 is 2.73 bits per heavy atom. The molecule has 5 N–H and O–H groups in total. The van der Waals surface area contributed by atoms with Gasteiger partial charge in [-0.15, -0.1) is 0 Å². The Balaban J connectivity index is 1.36. The highest BCUT2D eigenvalue weighted by Gasteiger charge is 2.57. The minimum atomic E-state index is -4.39. The fourth-order valence-electron chi connectivity index (χ4n) is 4.93. The molecule has 14 nitrogen and oxygen atoms in total. The number of nitrogens with zero attached hydrogens (tertiary/aromatic N) is 4. The van der Waals surface area contributed by atoms with E-state index in [1.54, 1.807) is 30.3 Å². The smallest absolute Gasteiger partial charge is 0.459 e. The van der Waals surface area contributed by atoms with E-state index >= 15 is 0 Å². The maximum Gasteiger partial charge on any atom is 0.459 e. The van der Waals surface area contributed by atoms with Gasteiger partial charge in [-0.25, -0.2) is 14.1 Å². The fraction of sp³-hybridized carbons (Fsp3) is 0.462. The van der Waals surface area contributed by atoms with Crippen molar-refractivity contribution in [2.75, 3.05) is 12.3 Å². The molecule has 2 aromatic heterocycles. The molecular formula is C26H31N6O8P. The molecule has 1 saturated heterocycles. The molecule has 3 aromatic rings. The molecule has 3 heterocycles. The van der Waals surface area contributed by atoms with E-state index in [2.05, 4.69) is 15.2 Å². The van der Waals surface area contributed by atoms with Crippen LogP contribution in [0.25, 0.3) is 5.52 Å². The quantitative estimate of drug-likeness (QED) is 0.199. The molecular weight excluding hydrogens is 555 g/mol. The molecule has 0 bridgehead atoms. The van der Waals surface area contributed by atoms with Gasteiger partial charge < -0.3 is 29.9 Å². The van der Waals surface area contributed by atoms with Crippen molar-refractivity contribution in [3.8, 4) is 11.8 Å². The molecule has 0 spiro atoms. The maximum absolute atomic E-state index is 14.0. The molecule has 5 rings (SSSR count). The standard InChI is InChI=1S/C26H31N6O8P/c1-16(25(35)38-17-7-5-6-8-17)31-41(36,40-18-9-3-2-4-10-18)37-14-26(13-27)23(34)21(33)22(39-26)19-11-12-20-24(28)29-15-30-32(19)20/h2-4,9-12,15-17,21-23,33-34H,5-8,14H2,1H3,(H,31,36)(H2,28,29,30)/t16-,21-,22-,23-,26+,41?/m0/s1. The van der Waals surface area contributed by atoms with Crippen molar-refractivity contribution >= 4 is 25.1 Å². The monoisotopic (exact) mass is 586 g/mol. The number of carbonyl (C=O) groups excluding carboxylic acids is 1. The molecule has 2 aliphatic rings. The van der Waals surface area contributed by atoms with Crippen molar-refractivity contribution in [1.82, 2.24) is 19.7 Å². The van der Waals surface area contributed by atoms with Gasteiger partial charge >= 0.3 is 13.7 Å². The highest BCUT2D eigenvalue weighted by molar-refractivity contribution is 7.52. The van der Waals surface area contributed by atoms with E-state index in [0.29, 0.717) is 11.2 Å². The minimum absolute atomic E-state index is 0.161. The number of nitrogens with one attached hydrogen (secondary N) is 1. The first-order valence-corrected chi connectivity index (χ1v) is 14.7. The molecule has 41 heavy (non-hydrogen) atoms. The molecule has 1 saturated carbocycles. The van der Waals surface area contributed by atoms with Gasteiger partial charge in [0.15, 0.2) is 5.82 Å². The lowest BCUT2D eigenvalue weighted by Gasteiger charge is -2.28. The molecule has 1 unspecified atom stereocenters. The van der Waals surface area contributed by atoms with E-state index in [4.69, 9.17) is 24.3 Å². The van der Waals surface area contributed by atoms with Crippen LogP contribution in [0.2, 0.25) is 0 Å². The van der Waals surface area contributed by atoms with Crippen LogP contribution in [0.15, 0.2) is 48.8 Å². The normalized spacial score (nSPS) is 26.8. The van der Waals surface area contributed by atoms with Crippen LogP contribution in [0.4, 0.5) is 5.82 Å². The number of hydrogen-bond donors (Lipinski definition) is 4. The fourth-order valence-corrected chi connectivity index (χ4v) is 6.45. The molecule has 218 valence electrons. The highest BCUT2D eigenvalue weighted by atomic mass is 31.2. The second kappa shape index (κ2) is 11.7. The number of hydrogen-bond acceptors (Lipinski definition) is 12. The summed E-state index contributed by atoms with van der Waals surface area (Å²) >= 11 is 0. The van der Waals surface area contributed by atoms with E-state index in [1.165, 1.54) is 29.9 Å². The van der Waals surface area contributed by atoms with Gasteiger partial charge in [-0.05, 0) is 56.9 Å². The molecule has 15 heteroatoms. The van der Waals surface area contributed by atoms with Crippen LogP contribution in [-0.4, -0.2) is 67.3 Å². The molecule has 1 aromatic carbocycles. The van der Waals surface area contributed by atoms with Crippen LogP contribution >= 0.6 is 7.75 Å². The first-order valence-electron chi connectivity index (χ1n) is 13.2. The molecule has 0 amide bonds. The summed E-state index contributed by atoms with van der Waals surface area (Å²) in [7, 11) is -4.39. The number of benzene rings is 1. The van der Waals surface area contributed by atoms with E-state index in [1.807, 2.05) is 6.07 Å². The number of esters is 1. The Kier molecular flexibility index (Phi) is 8.28. The summed E-state index contributed by atoms with van der Waals surface area (Å²) in [5.74, 6) is -0.297. The van der Waals surface area contributed by atoms with Crippen LogP contribution in [0, 0.1) is 11.3 Å². The molecule has 1 aliphatic heterocycles. The Labute approximate surface area is 235 Å². The van der Waals surface area contributed by atoms with Gasteiger partial charge in [0.1, 0.15) is 60.7 Å². The van der Waals surface area contributed by atoms with Crippen molar-refractivity contribution in [2.45, 2.75) is 68.7 Å². The Morgan fingerprint density at radius 1 is 1.29 bits per heavy atom. The molecule has 2 fully saturated rings. The molecule has 1 aliphatic carbocycles. The maximum atomic E-state index is 14.0. The van der Waals surface area contributed by atoms with Crippen molar-refractivity contribution in [2.24, 2.45) is 0 Å². The Morgan fingerprint density at radius 2 is 2.02 bits per heavy atom. The summed E-state index contributed by atoms with van der Waals surface area (Å²) < 4.78 is 38.0. The number of carbonyl (C=O) groups is 1. The SMILES string of the molecule is C[C@H](NP(=O)(OC[C@@]1(C#N)O[C@@H](c2ccc3c(N)ncnn23)[C@H](O)[C@@H]1O)Oc1ccccc1)C(=O)OC1CCCC1. The Bertz CT molecular complexity index is 1480. The van der Waals surface area contributed by atoms with Crippen LogP contribution in [0.1, 0.15) is 44.4 Å². The highest BCUT2D eigenvalue weighted by Crippen LogP contribution is 2.48. The minimum Gasteiger partial charge on any atom is -0.461 e. The van der Waals surface area contributed by atoms with Gasteiger partial charge in [-0.3, -0.25) is 9.32 Å².